The van der Waals surface area contributed by atoms with Crippen LogP contribution in [0.4, 0.5) is 0 Å². The average Bonchev–Trinajstić information content (AvgIpc) is 2.74. The topological polar surface area (TPSA) is 76.9 Å². The van der Waals surface area contributed by atoms with Gasteiger partial charge in [0.2, 0.25) is 0 Å². The number of nitrogens with zero attached hydrogens (tertiary/aromatic N) is 2. The molecular formula is C12H13IN4O. The third kappa shape index (κ3) is 2.81. The van der Waals surface area contributed by atoms with Crippen LogP contribution in [0.1, 0.15) is 11.1 Å². The van der Waals surface area contributed by atoms with Crippen molar-refractivity contribution >= 4 is 28.4 Å². The molecule has 0 saturated heterocycles. The van der Waals surface area contributed by atoms with Gasteiger partial charge in [-0.1, -0.05) is 6.07 Å². The fourth-order valence-corrected chi connectivity index (χ4v) is 2.11. The molecular weight excluding hydrogens is 343 g/mol. The van der Waals surface area contributed by atoms with Crippen molar-refractivity contribution < 1.29 is 4.74 Å². The van der Waals surface area contributed by atoms with Crippen LogP contribution in [0.5, 0.6) is 5.75 Å². The summed E-state index contributed by atoms with van der Waals surface area (Å²) in [5.41, 5.74) is 7.14. The second kappa shape index (κ2) is 5.38. The minimum atomic E-state index is 0.00652. The minimum absolute atomic E-state index is 0.00652. The summed E-state index contributed by atoms with van der Waals surface area (Å²) in [7, 11) is 1.57. The third-order valence-corrected chi connectivity index (χ3v) is 3.06. The molecule has 1 aromatic carbocycles. The number of hydrogen-bond donors (Lipinski definition) is 2. The highest BCUT2D eigenvalue weighted by molar-refractivity contribution is 14.1. The van der Waals surface area contributed by atoms with E-state index in [2.05, 4.69) is 27.7 Å². The predicted molar refractivity (Wildman–Crippen MR) is 78.1 cm³/mol. The van der Waals surface area contributed by atoms with Gasteiger partial charge in [0.15, 0.2) is 0 Å². The Bertz CT molecular complexity index is 579. The maximum atomic E-state index is 7.45. The number of aromatic nitrogens is 2. The molecule has 2 aromatic rings. The zero-order valence-corrected chi connectivity index (χ0v) is 12.0. The van der Waals surface area contributed by atoms with Crippen LogP contribution in [-0.4, -0.2) is 22.7 Å². The molecule has 5 nitrogen and oxygen atoms in total. The van der Waals surface area contributed by atoms with Crippen LogP contribution < -0.4 is 10.5 Å². The maximum absolute atomic E-state index is 7.45. The van der Waals surface area contributed by atoms with Crippen LogP contribution in [0.2, 0.25) is 0 Å². The molecule has 1 heterocycles. The molecule has 0 unspecified atom stereocenters. The molecule has 2 rings (SSSR count). The van der Waals surface area contributed by atoms with Crippen LogP contribution in [0, 0.1) is 8.98 Å². The van der Waals surface area contributed by atoms with Gasteiger partial charge in [-0.15, -0.1) is 0 Å². The lowest BCUT2D eigenvalue weighted by Gasteiger charge is -2.09. The second-order valence-corrected chi connectivity index (χ2v) is 5.05. The van der Waals surface area contributed by atoms with Gasteiger partial charge in [0.25, 0.3) is 0 Å². The number of hydrogen-bond acceptors (Lipinski definition) is 3. The molecule has 0 amide bonds. The molecule has 0 aliphatic heterocycles. The standard InChI is InChI=1S/C12H13IN4O/c1-18-11-4-8(2-3-10(11)12(14)15)6-17-7-9(13)5-16-17/h2-5,7H,6H2,1H3,(H3,14,15). The number of methoxy groups -OCH3 is 1. The Morgan fingerprint density at radius 3 is 2.89 bits per heavy atom. The molecule has 94 valence electrons. The molecule has 0 fully saturated rings. The van der Waals surface area contributed by atoms with Crippen molar-refractivity contribution in [2.75, 3.05) is 7.11 Å². The molecule has 1 aromatic heterocycles. The summed E-state index contributed by atoms with van der Waals surface area (Å²) < 4.78 is 8.19. The lowest BCUT2D eigenvalue weighted by molar-refractivity contribution is 0.413. The first kappa shape index (κ1) is 12.9. The van der Waals surface area contributed by atoms with E-state index in [0.29, 0.717) is 17.9 Å². The normalized spacial score (nSPS) is 10.3. The minimum Gasteiger partial charge on any atom is -0.496 e. The van der Waals surface area contributed by atoms with Gasteiger partial charge in [-0.05, 0) is 40.3 Å². The van der Waals surface area contributed by atoms with Crippen molar-refractivity contribution in [3.8, 4) is 5.75 Å². The van der Waals surface area contributed by atoms with Crippen LogP contribution in [-0.2, 0) is 6.54 Å². The van der Waals surface area contributed by atoms with Crippen LogP contribution >= 0.6 is 22.6 Å². The quantitative estimate of drug-likeness (QED) is 0.499. The molecule has 0 atom stereocenters. The van der Waals surface area contributed by atoms with Crippen LogP contribution in [0.25, 0.3) is 0 Å². The van der Waals surface area contributed by atoms with E-state index in [0.717, 1.165) is 9.13 Å². The molecule has 0 saturated carbocycles. The fraction of sp³-hybridized carbons (Fsp3) is 0.167. The summed E-state index contributed by atoms with van der Waals surface area (Å²) in [4.78, 5) is 0. The fourth-order valence-electron chi connectivity index (χ4n) is 1.67. The number of amidine groups is 1. The van der Waals surface area contributed by atoms with Crippen molar-refractivity contribution in [3.05, 3.63) is 45.3 Å². The van der Waals surface area contributed by atoms with Gasteiger partial charge in [0.1, 0.15) is 11.6 Å². The molecule has 6 heteroatoms. The smallest absolute Gasteiger partial charge is 0.130 e. The Labute approximate surface area is 119 Å². The van der Waals surface area contributed by atoms with E-state index < -0.39 is 0 Å². The van der Waals surface area contributed by atoms with Crippen molar-refractivity contribution in [2.45, 2.75) is 6.54 Å². The van der Waals surface area contributed by atoms with E-state index in [4.69, 9.17) is 15.9 Å². The van der Waals surface area contributed by atoms with E-state index in [-0.39, 0.29) is 5.84 Å². The van der Waals surface area contributed by atoms with Crippen LogP contribution in [0.15, 0.2) is 30.6 Å². The molecule has 0 spiro atoms. The predicted octanol–water partition coefficient (Wildman–Crippen LogP) is 1.83. The molecule has 18 heavy (non-hydrogen) atoms. The van der Waals surface area contributed by atoms with Gasteiger partial charge in [-0.2, -0.15) is 5.10 Å². The Balaban J connectivity index is 2.27. The zero-order chi connectivity index (χ0) is 13.1. The molecule has 0 radical (unpaired) electrons. The number of nitrogens with one attached hydrogen (secondary N) is 1. The first-order chi connectivity index (χ1) is 8.60. The number of ether oxygens (including phenoxy) is 1. The number of rotatable bonds is 4. The molecule has 0 aliphatic carbocycles. The summed E-state index contributed by atoms with van der Waals surface area (Å²) in [6.07, 6.45) is 3.77. The largest absolute Gasteiger partial charge is 0.496 e. The van der Waals surface area contributed by atoms with Gasteiger partial charge in [0, 0.05) is 6.20 Å². The summed E-state index contributed by atoms with van der Waals surface area (Å²) in [6.45, 7) is 0.664. The van der Waals surface area contributed by atoms with E-state index in [1.54, 1.807) is 13.2 Å². The summed E-state index contributed by atoms with van der Waals surface area (Å²) in [5, 5.41) is 11.7. The average molecular weight is 356 g/mol. The molecule has 0 aliphatic rings. The lowest BCUT2D eigenvalue weighted by Crippen LogP contribution is -2.13. The first-order valence-electron chi connectivity index (χ1n) is 5.29. The van der Waals surface area contributed by atoms with Crippen molar-refractivity contribution in [1.82, 2.24) is 9.78 Å². The third-order valence-electron chi connectivity index (χ3n) is 2.50. The van der Waals surface area contributed by atoms with Gasteiger partial charge >= 0.3 is 0 Å². The maximum Gasteiger partial charge on any atom is 0.130 e. The van der Waals surface area contributed by atoms with Crippen LogP contribution in [0.3, 0.4) is 0 Å². The number of halogens is 1. The highest BCUT2D eigenvalue weighted by atomic mass is 127. The van der Waals surface area contributed by atoms with Gasteiger partial charge in [0.05, 0.1) is 29.0 Å². The molecule has 0 bridgehead atoms. The Hall–Kier alpha value is -1.57. The van der Waals surface area contributed by atoms with Gasteiger partial charge < -0.3 is 10.5 Å². The van der Waals surface area contributed by atoms with Gasteiger partial charge in [-0.3, -0.25) is 10.1 Å². The second-order valence-electron chi connectivity index (χ2n) is 3.80. The van der Waals surface area contributed by atoms with Crippen molar-refractivity contribution in [1.29, 1.82) is 5.41 Å². The van der Waals surface area contributed by atoms with Crippen molar-refractivity contribution in [3.63, 3.8) is 0 Å². The van der Waals surface area contributed by atoms with Gasteiger partial charge in [-0.25, -0.2) is 0 Å². The summed E-state index contributed by atoms with van der Waals surface area (Å²) in [6, 6.07) is 5.60. The van der Waals surface area contributed by atoms with E-state index in [1.165, 1.54) is 0 Å². The first-order valence-corrected chi connectivity index (χ1v) is 6.37. The van der Waals surface area contributed by atoms with E-state index in [1.807, 2.05) is 29.2 Å². The monoisotopic (exact) mass is 356 g/mol. The number of nitrogen functional groups attached to an aromatic ring is 1. The van der Waals surface area contributed by atoms with E-state index >= 15 is 0 Å². The Morgan fingerprint density at radius 1 is 1.56 bits per heavy atom. The number of benzene rings is 1. The Morgan fingerprint density at radius 2 is 2.33 bits per heavy atom. The zero-order valence-electron chi connectivity index (χ0n) is 9.85. The highest BCUT2D eigenvalue weighted by Gasteiger charge is 2.07. The summed E-state index contributed by atoms with van der Waals surface area (Å²) in [5.74, 6) is 0.619. The van der Waals surface area contributed by atoms with E-state index in [9.17, 15) is 0 Å². The lowest BCUT2D eigenvalue weighted by atomic mass is 10.1. The van der Waals surface area contributed by atoms with Crippen molar-refractivity contribution in [2.24, 2.45) is 5.73 Å². The molecule has 3 N–H and O–H groups in total. The highest BCUT2D eigenvalue weighted by Crippen LogP contribution is 2.20. The SMILES string of the molecule is COc1cc(Cn2cc(I)cn2)ccc1C(=N)N. The summed E-state index contributed by atoms with van der Waals surface area (Å²) >= 11 is 2.22. The number of nitrogens with two attached hydrogens (primary N) is 1. The Kier molecular flexibility index (Phi) is 3.85.